The number of aliphatic carboxylic acids is 1. The van der Waals surface area contributed by atoms with Crippen LogP contribution in [0.15, 0.2) is 24.3 Å². The average molecular weight is 388 g/mol. The Kier molecular flexibility index (Phi) is 6.34. The number of carboxylic acid groups (broad SMARTS) is 1. The lowest BCUT2D eigenvalue weighted by molar-refractivity contribution is -0.143. The number of carbonyl (C=O) groups is 3. The molecule has 7 nitrogen and oxygen atoms in total. The summed E-state index contributed by atoms with van der Waals surface area (Å²) in [5, 5.41) is 12.0. The van der Waals surface area contributed by atoms with Gasteiger partial charge in [0, 0.05) is 31.5 Å². The number of amides is 2. The van der Waals surface area contributed by atoms with Crippen LogP contribution < -0.4 is 5.32 Å². The first-order chi connectivity index (χ1) is 13.4. The minimum Gasteiger partial charge on any atom is -0.481 e. The van der Waals surface area contributed by atoms with Crippen molar-refractivity contribution in [2.75, 3.05) is 25.5 Å². The van der Waals surface area contributed by atoms with Gasteiger partial charge < -0.3 is 20.1 Å². The summed E-state index contributed by atoms with van der Waals surface area (Å²) in [5.74, 6) is -1.40. The van der Waals surface area contributed by atoms with Crippen molar-refractivity contribution in [3.63, 3.8) is 0 Å². The summed E-state index contributed by atoms with van der Waals surface area (Å²) in [7, 11) is 1.58. The standard InChI is InChI=1S/C21H28N2O5/c1-28-21(11-3-2-4-12-21)20(27)22-17-7-5-15(6-8-17)18(24)23-13-9-16(10-14-23)19(25)26/h5-8,16H,2-4,9-14H2,1H3,(H,22,27)(H,25,26). The summed E-state index contributed by atoms with van der Waals surface area (Å²) in [5.41, 5.74) is 0.403. The Morgan fingerprint density at radius 3 is 2.21 bits per heavy atom. The molecule has 2 amide bonds. The zero-order chi connectivity index (χ0) is 20.1. The maximum Gasteiger partial charge on any atom is 0.306 e. The van der Waals surface area contributed by atoms with Gasteiger partial charge in [0.05, 0.1) is 5.92 Å². The summed E-state index contributed by atoms with van der Waals surface area (Å²) < 4.78 is 5.56. The topological polar surface area (TPSA) is 95.9 Å². The molecular formula is C21H28N2O5. The molecule has 0 aromatic heterocycles. The molecule has 1 saturated carbocycles. The molecule has 1 saturated heterocycles. The number of anilines is 1. The fourth-order valence-corrected chi connectivity index (χ4v) is 4.10. The van der Waals surface area contributed by atoms with E-state index in [4.69, 9.17) is 9.84 Å². The Morgan fingerprint density at radius 1 is 1.07 bits per heavy atom. The zero-order valence-corrected chi connectivity index (χ0v) is 16.3. The highest BCUT2D eigenvalue weighted by Gasteiger charge is 2.39. The second kappa shape index (κ2) is 8.73. The summed E-state index contributed by atoms with van der Waals surface area (Å²) in [6.45, 7) is 0.898. The van der Waals surface area contributed by atoms with E-state index >= 15 is 0 Å². The van der Waals surface area contributed by atoms with E-state index in [9.17, 15) is 14.4 Å². The lowest BCUT2D eigenvalue weighted by Gasteiger charge is -2.34. The van der Waals surface area contributed by atoms with Gasteiger partial charge in [-0.2, -0.15) is 0 Å². The number of rotatable bonds is 5. The molecule has 2 fully saturated rings. The highest BCUT2D eigenvalue weighted by atomic mass is 16.5. The third kappa shape index (κ3) is 4.35. The van der Waals surface area contributed by atoms with Crippen LogP contribution in [0.2, 0.25) is 0 Å². The van der Waals surface area contributed by atoms with Crippen molar-refractivity contribution in [2.24, 2.45) is 5.92 Å². The molecule has 1 aliphatic carbocycles. The number of carboxylic acids is 1. The largest absolute Gasteiger partial charge is 0.481 e. The van der Waals surface area contributed by atoms with Crippen LogP contribution in [0.3, 0.4) is 0 Å². The number of piperidine rings is 1. The molecule has 2 N–H and O–H groups in total. The second-order valence-corrected chi connectivity index (χ2v) is 7.70. The molecule has 1 aromatic rings. The van der Waals surface area contributed by atoms with Gasteiger partial charge in [-0.3, -0.25) is 14.4 Å². The first-order valence-electron chi connectivity index (χ1n) is 9.94. The van der Waals surface area contributed by atoms with Crippen LogP contribution in [0.1, 0.15) is 55.3 Å². The molecule has 0 bridgehead atoms. The molecule has 0 spiro atoms. The van der Waals surface area contributed by atoms with Crippen LogP contribution in [-0.2, 0) is 14.3 Å². The van der Waals surface area contributed by atoms with Crippen molar-refractivity contribution in [1.82, 2.24) is 4.90 Å². The van der Waals surface area contributed by atoms with E-state index in [2.05, 4.69) is 5.32 Å². The minimum atomic E-state index is -0.793. The monoisotopic (exact) mass is 388 g/mol. The number of nitrogens with one attached hydrogen (secondary N) is 1. The zero-order valence-electron chi connectivity index (χ0n) is 16.3. The predicted octanol–water partition coefficient (Wildman–Crippen LogP) is 2.91. The smallest absolute Gasteiger partial charge is 0.306 e. The number of hydrogen-bond acceptors (Lipinski definition) is 4. The SMILES string of the molecule is COC1(C(=O)Nc2ccc(C(=O)N3CCC(C(=O)O)CC3)cc2)CCCCC1. The Morgan fingerprint density at radius 2 is 1.68 bits per heavy atom. The Bertz CT molecular complexity index is 717. The van der Waals surface area contributed by atoms with Gasteiger partial charge in [0.15, 0.2) is 0 Å². The Balaban J connectivity index is 1.59. The van der Waals surface area contributed by atoms with Gasteiger partial charge >= 0.3 is 5.97 Å². The first kappa shape index (κ1) is 20.3. The number of methoxy groups -OCH3 is 1. The van der Waals surface area contributed by atoms with Gasteiger partial charge in [0.2, 0.25) is 0 Å². The fourth-order valence-electron chi connectivity index (χ4n) is 4.10. The van der Waals surface area contributed by atoms with Gasteiger partial charge in [0.1, 0.15) is 5.60 Å². The number of ether oxygens (including phenoxy) is 1. The Labute approximate surface area is 165 Å². The predicted molar refractivity (Wildman–Crippen MR) is 104 cm³/mol. The molecule has 0 atom stereocenters. The number of likely N-dealkylation sites (tertiary alicyclic amines) is 1. The van der Waals surface area contributed by atoms with Gasteiger partial charge in [0.25, 0.3) is 11.8 Å². The molecule has 28 heavy (non-hydrogen) atoms. The van der Waals surface area contributed by atoms with Crippen LogP contribution in [0.25, 0.3) is 0 Å². The molecule has 2 aliphatic rings. The van der Waals surface area contributed by atoms with Gasteiger partial charge in [-0.05, 0) is 49.9 Å². The van der Waals surface area contributed by atoms with Crippen molar-refractivity contribution < 1.29 is 24.2 Å². The third-order valence-electron chi connectivity index (χ3n) is 5.99. The highest BCUT2D eigenvalue weighted by molar-refractivity contribution is 5.98. The van der Waals surface area contributed by atoms with E-state index in [1.54, 1.807) is 36.3 Å². The minimum absolute atomic E-state index is 0.109. The molecule has 152 valence electrons. The maximum absolute atomic E-state index is 12.7. The molecule has 0 radical (unpaired) electrons. The second-order valence-electron chi connectivity index (χ2n) is 7.70. The quantitative estimate of drug-likeness (QED) is 0.809. The molecular weight excluding hydrogens is 360 g/mol. The van der Waals surface area contributed by atoms with Crippen molar-refractivity contribution in [3.05, 3.63) is 29.8 Å². The normalized spacial score (nSPS) is 19.8. The molecule has 1 aliphatic heterocycles. The summed E-state index contributed by atoms with van der Waals surface area (Å²) >= 11 is 0. The summed E-state index contributed by atoms with van der Waals surface area (Å²) in [4.78, 5) is 38.1. The van der Waals surface area contributed by atoms with Gasteiger partial charge in [-0.15, -0.1) is 0 Å². The van der Waals surface area contributed by atoms with E-state index < -0.39 is 11.6 Å². The van der Waals surface area contributed by atoms with Crippen molar-refractivity contribution in [2.45, 2.75) is 50.5 Å². The van der Waals surface area contributed by atoms with E-state index in [-0.39, 0.29) is 17.7 Å². The number of hydrogen-bond donors (Lipinski definition) is 2. The number of carbonyl (C=O) groups excluding carboxylic acids is 2. The molecule has 1 aromatic carbocycles. The molecule has 3 rings (SSSR count). The number of nitrogens with zero attached hydrogens (tertiary/aromatic N) is 1. The maximum atomic E-state index is 12.7. The fraction of sp³-hybridized carbons (Fsp3) is 0.571. The van der Waals surface area contributed by atoms with Crippen LogP contribution in [0.5, 0.6) is 0 Å². The highest BCUT2D eigenvalue weighted by Crippen LogP contribution is 2.32. The third-order valence-corrected chi connectivity index (χ3v) is 5.99. The van der Waals surface area contributed by atoms with Crippen molar-refractivity contribution >= 4 is 23.5 Å². The molecule has 1 heterocycles. The number of benzene rings is 1. The van der Waals surface area contributed by atoms with Crippen molar-refractivity contribution in [3.8, 4) is 0 Å². The molecule has 7 heteroatoms. The van der Waals surface area contributed by atoms with E-state index in [0.29, 0.717) is 37.2 Å². The van der Waals surface area contributed by atoms with E-state index in [1.165, 1.54) is 0 Å². The average Bonchev–Trinajstić information content (AvgIpc) is 2.74. The lowest BCUT2D eigenvalue weighted by Crippen LogP contribution is -2.46. The van der Waals surface area contributed by atoms with E-state index in [0.717, 1.165) is 32.1 Å². The Hall–Kier alpha value is -2.41. The molecule has 0 unspecified atom stereocenters. The lowest BCUT2D eigenvalue weighted by atomic mass is 9.84. The van der Waals surface area contributed by atoms with E-state index in [1.807, 2.05) is 0 Å². The van der Waals surface area contributed by atoms with Crippen LogP contribution in [0.4, 0.5) is 5.69 Å². The van der Waals surface area contributed by atoms with Gasteiger partial charge in [-0.25, -0.2) is 0 Å². The summed E-state index contributed by atoms with van der Waals surface area (Å²) in [6, 6.07) is 6.84. The summed E-state index contributed by atoms with van der Waals surface area (Å²) in [6.07, 6.45) is 5.48. The van der Waals surface area contributed by atoms with Crippen LogP contribution in [-0.4, -0.2) is 53.6 Å². The first-order valence-corrected chi connectivity index (χ1v) is 9.94. The van der Waals surface area contributed by atoms with Crippen molar-refractivity contribution in [1.29, 1.82) is 0 Å². The van der Waals surface area contributed by atoms with Crippen LogP contribution in [0, 0.1) is 5.92 Å². The van der Waals surface area contributed by atoms with Gasteiger partial charge in [-0.1, -0.05) is 19.3 Å². The van der Waals surface area contributed by atoms with Crippen LogP contribution >= 0.6 is 0 Å².